The molecule has 0 radical (unpaired) electrons. The average molecular weight is 1600 g/mol. The lowest BCUT2D eigenvalue weighted by Gasteiger charge is -2.51. The third-order valence-corrected chi connectivity index (χ3v) is 26.8. The van der Waals surface area contributed by atoms with Gasteiger partial charge in [0.1, 0.15) is 55.4 Å². The van der Waals surface area contributed by atoms with E-state index in [2.05, 4.69) is 53.5 Å². The molecule has 9 aromatic rings. The first-order valence-electron chi connectivity index (χ1n) is 39.0. The number of rotatable bonds is 35. The van der Waals surface area contributed by atoms with E-state index >= 15 is 14.4 Å². The van der Waals surface area contributed by atoms with Crippen molar-refractivity contribution >= 4 is 46.2 Å². The molecule has 3 aliphatic rings. The number of carbonyl (C=O) groups is 5. The van der Waals surface area contributed by atoms with Crippen molar-refractivity contribution in [1.29, 1.82) is 0 Å². The van der Waals surface area contributed by atoms with Crippen LogP contribution in [-0.2, 0) is 102 Å². The number of ether oxygens (including phenoxy) is 15. The number of benzene rings is 9. The van der Waals surface area contributed by atoms with E-state index in [1.54, 1.807) is 152 Å². The first-order chi connectivity index (χ1) is 55.6. The normalized spacial score (nSPS) is 23.7. The summed E-state index contributed by atoms with van der Waals surface area (Å²) < 4.78 is 113. The van der Waals surface area contributed by atoms with Crippen LogP contribution in [-0.4, -0.2) is 165 Å². The molecule has 0 amide bonds. The zero-order chi connectivity index (χ0) is 80.7. The SMILES string of the molecule is CC(C)(C)[Si](C)(C)OC[C@H]1O[C@@H](O[C@H]2[C@H](OC(=O)c3ccccc3)[C@@H](OC(=O)c3ccccc3)[C@H](OCC[Si](C)(C)C)O[C@@H]2COC(=O)c2ccccc2)[C@H](OC(=O)c2ccccc2)[C@@H](OC(=O)c2ccccc2)[C@H]1O[C@H]1O[C@H](COCc2ccccc2)[C@H](OCc2ccccc2)[C@H](OCc2ccccc2)[C@H]1OCc1ccccc1. The molecule has 3 aliphatic heterocycles. The molecular formula is C92H102O21Si2. The molecule has 115 heavy (non-hydrogen) atoms. The summed E-state index contributed by atoms with van der Waals surface area (Å²) in [5.74, 6) is -4.36. The van der Waals surface area contributed by atoms with Crippen molar-refractivity contribution in [2.45, 2.75) is 183 Å². The van der Waals surface area contributed by atoms with Gasteiger partial charge in [-0.2, -0.15) is 0 Å². The first kappa shape index (κ1) is 84.7. The quantitative estimate of drug-likeness (QED) is 0.0204. The van der Waals surface area contributed by atoms with Gasteiger partial charge in [-0.3, -0.25) is 0 Å². The molecule has 0 bridgehead atoms. The zero-order valence-electron chi connectivity index (χ0n) is 66.1. The second kappa shape index (κ2) is 40.7. The van der Waals surface area contributed by atoms with E-state index in [0.717, 1.165) is 22.3 Å². The Hall–Kier alpha value is -9.68. The number of carbonyl (C=O) groups excluding carboxylic acids is 5. The molecule has 21 nitrogen and oxygen atoms in total. The number of esters is 5. The Balaban J connectivity index is 1.05. The highest BCUT2D eigenvalue weighted by Crippen LogP contribution is 2.42. The largest absolute Gasteiger partial charge is 0.459 e. The Morgan fingerprint density at radius 2 is 0.617 bits per heavy atom. The summed E-state index contributed by atoms with van der Waals surface area (Å²) in [7, 11) is -4.82. The summed E-state index contributed by atoms with van der Waals surface area (Å²) in [6, 6.07) is 80.3. The van der Waals surface area contributed by atoms with Crippen molar-refractivity contribution in [3.8, 4) is 0 Å². The lowest BCUT2D eigenvalue weighted by molar-refractivity contribution is -0.382. The van der Waals surface area contributed by atoms with Crippen molar-refractivity contribution in [3.05, 3.63) is 323 Å². The highest BCUT2D eigenvalue weighted by Gasteiger charge is 2.60. The van der Waals surface area contributed by atoms with Crippen LogP contribution in [0.15, 0.2) is 273 Å². The maximum atomic E-state index is 15.7. The smallest absolute Gasteiger partial charge is 0.338 e. The molecule has 0 unspecified atom stereocenters. The lowest BCUT2D eigenvalue weighted by atomic mass is 9.95. The molecule has 0 aromatic heterocycles. The van der Waals surface area contributed by atoms with Gasteiger partial charge in [-0.25, -0.2) is 24.0 Å². The number of hydrogen-bond acceptors (Lipinski definition) is 21. The molecule has 12 rings (SSSR count). The maximum absolute atomic E-state index is 15.7. The summed E-state index contributed by atoms with van der Waals surface area (Å²) in [6.07, 6.45) is -23.0. The van der Waals surface area contributed by atoms with Crippen molar-refractivity contribution < 1.29 is 99.5 Å². The van der Waals surface area contributed by atoms with E-state index in [4.69, 9.17) is 75.5 Å². The molecule has 15 atom stereocenters. The Kier molecular flexibility index (Phi) is 30.0. The van der Waals surface area contributed by atoms with Gasteiger partial charge in [0.25, 0.3) is 0 Å². The van der Waals surface area contributed by atoms with E-state index in [-0.39, 0.29) is 74.1 Å². The van der Waals surface area contributed by atoms with Gasteiger partial charge >= 0.3 is 29.8 Å². The molecule has 9 aromatic carbocycles. The minimum Gasteiger partial charge on any atom is -0.459 e. The highest BCUT2D eigenvalue weighted by atomic mass is 28.4. The molecule has 23 heteroatoms. The second-order valence-electron chi connectivity index (χ2n) is 31.3. The van der Waals surface area contributed by atoms with Gasteiger partial charge in [-0.15, -0.1) is 0 Å². The van der Waals surface area contributed by atoms with Crippen LogP contribution in [0, 0.1) is 0 Å². The number of hydrogen-bond donors (Lipinski definition) is 0. The topological polar surface area (TPSA) is 233 Å². The molecule has 3 saturated heterocycles. The van der Waals surface area contributed by atoms with Gasteiger partial charge in [0.15, 0.2) is 51.6 Å². The van der Waals surface area contributed by atoms with Crippen molar-refractivity contribution in [2.24, 2.45) is 0 Å². The summed E-state index contributed by atoms with van der Waals surface area (Å²) >= 11 is 0. The van der Waals surface area contributed by atoms with Crippen molar-refractivity contribution in [1.82, 2.24) is 0 Å². The van der Waals surface area contributed by atoms with E-state index in [0.29, 0.717) is 6.04 Å². The Morgan fingerprint density at radius 3 is 1.00 bits per heavy atom. The van der Waals surface area contributed by atoms with E-state index in [1.165, 1.54) is 0 Å². The van der Waals surface area contributed by atoms with E-state index < -0.39 is 150 Å². The van der Waals surface area contributed by atoms with Gasteiger partial charge in [-0.05, 0) is 107 Å². The van der Waals surface area contributed by atoms with Crippen LogP contribution in [0.2, 0.25) is 43.8 Å². The van der Waals surface area contributed by atoms with Gasteiger partial charge in [0.05, 0.1) is 67.5 Å². The predicted molar refractivity (Wildman–Crippen MR) is 433 cm³/mol. The molecule has 604 valence electrons. The van der Waals surface area contributed by atoms with E-state index in [1.807, 2.05) is 121 Å². The van der Waals surface area contributed by atoms with Crippen LogP contribution >= 0.6 is 0 Å². The summed E-state index contributed by atoms with van der Waals surface area (Å²) in [5.41, 5.74) is 3.93. The minimum atomic E-state index is -2.92. The molecule has 3 fully saturated rings. The van der Waals surface area contributed by atoms with Crippen molar-refractivity contribution in [2.75, 3.05) is 26.4 Å². The van der Waals surface area contributed by atoms with Gasteiger partial charge in [-0.1, -0.05) is 253 Å². The monoisotopic (exact) mass is 1600 g/mol. The molecule has 0 saturated carbocycles. The fraction of sp³-hybridized carbons (Fsp3) is 0.359. The van der Waals surface area contributed by atoms with Crippen LogP contribution in [0.4, 0.5) is 0 Å². The zero-order valence-corrected chi connectivity index (χ0v) is 68.1. The third-order valence-electron chi connectivity index (χ3n) is 20.6. The first-order valence-corrected chi connectivity index (χ1v) is 45.6. The lowest BCUT2D eigenvalue weighted by Crippen LogP contribution is -2.69. The van der Waals surface area contributed by atoms with Crippen LogP contribution in [0.5, 0.6) is 0 Å². The Morgan fingerprint density at radius 1 is 0.313 bits per heavy atom. The molecule has 3 heterocycles. The average Bonchev–Trinajstić information content (AvgIpc) is 0.756. The fourth-order valence-corrected chi connectivity index (χ4v) is 14.9. The molecule has 0 N–H and O–H groups in total. The summed E-state index contributed by atoms with van der Waals surface area (Å²) in [5, 5.41) is -0.436. The maximum Gasteiger partial charge on any atom is 0.338 e. The Labute approximate surface area is 674 Å². The third kappa shape index (κ3) is 23.8. The standard InChI is InChI=1S/C92H102O21Si2/c1-92(2,3)115(7,8)104-62-74-77(112-90-81(102-59-66-42-24-12-25-43-66)78(101-58-65-40-22-11-23-41-65)75(100-57-64-38-20-10-21-39-64)72(106-90)60-98-56-63-36-18-9-19-37-63)80(109-86(95)69-48-30-15-31-49-69)83(111-88(97)71-52-34-17-35-53-71)91(107-74)113-76-73(61-103-84(93)67-44-26-13-27-45-67)105-89(99-54-55-114(4,5)6)82(110-87(96)70-50-32-16-33-51-70)79(76)108-85(94)68-46-28-14-29-47-68/h9-53,72-83,89-91H,54-62H2,1-8H3/t72-,73-,74-,75+,76-,77+,78+,79+,80+,81-,82-,83-,89-,90-,91+/m1/s1. The molecule has 0 aliphatic carbocycles. The van der Waals surface area contributed by atoms with Gasteiger partial charge < -0.3 is 75.5 Å². The molecule has 0 spiro atoms. The Bertz CT molecular complexity index is 4470. The van der Waals surface area contributed by atoms with Crippen LogP contribution < -0.4 is 0 Å². The summed E-state index contributed by atoms with van der Waals surface area (Å²) in [6.45, 7) is 16.2. The van der Waals surface area contributed by atoms with Gasteiger partial charge in [0.2, 0.25) is 0 Å². The second-order valence-corrected chi connectivity index (χ2v) is 41.7. The summed E-state index contributed by atoms with van der Waals surface area (Å²) in [4.78, 5) is 75.8. The van der Waals surface area contributed by atoms with Crippen LogP contribution in [0.1, 0.15) is 94.8 Å². The van der Waals surface area contributed by atoms with Crippen molar-refractivity contribution in [3.63, 3.8) is 0 Å². The highest BCUT2D eigenvalue weighted by molar-refractivity contribution is 6.76. The minimum absolute atomic E-state index is 0.00754. The van der Waals surface area contributed by atoms with E-state index in [9.17, 15) is 9.59 Å². The predicted octanol–water partition coefficient (Wildman–Crippen LogP) is 16.0. The van der Waals surface area contributed by atoms with Crippen LogP contribution in [0.3, 0.4) is 0 Å². The van der Waals surface area contributed by atoms with Crippen LogP contribution in [0.25, 0.3) is 0 Å². The molecular weight excluding hydrogens is 1500 g/mol. The van der Waals surface area contributed by atoms with Gasteiger partial charge in [0, 0.05) is 14.7 Å². The fourth-order valence-electron chi connectivity index (χ4n) is 13.2.